The molecule has 0 unspecified atom stereocenters. The van der Waals surface area contributed by atoms with Crippen molar-refractivity contribution >= 4 is 28.3 Å². The normalized spacial score (nSPS) is 10.8. The third-order valence-electron chi connectivity index (χ3n) is 3.20. The van der Waals surface area contributed by atoms with Crippen molar-refractivity contribution in [1.82, 2.24) is 4.98 Å². The van der Waals surface area contributed by atoms with E-state index in [1.54, 1.807) is 12.3 Å². The van der Waals surface area contributed by atoms with E-state index in [-0.39, 0.29) is 5.78 Å². The van der Waals surface area contributed by atoms with E-state index in [2.05, 4.69) is 4.98 Å². The molecule has 0 aliphatic heterocycles. The summed E-state index contributed by atoms with van der Waals surface area (Å²) in [6.07, 6.45) is 1.74. The lowest BCUT2D eigenvalue weighted by atomic mass is 10.0. The van der Waals surface area contributed by atoms with E-state index in [0.717, 1.165) is 16.5 Å². The van der Waals surface area contributed by atoms with Crippen molar-refractivity contribution in [2.75, 3.05) is 0 Å². The number of fused-ring (bicyclic) bond motifs is 1. The van der Waals surface area contributed by atoms with Crippen LogP contribution < -0.4 is 0 Å². The summed E-state index contributed by atoms with van der Waals surface area (Å²) in [6.45, 7) is 1.95. The number of hydrogen-bond donors (Lipinski definition) is 1. The van der Waals surface area contributed by atoms with Crippen molar-refractivity contribution in [2.45, 2.75) is 6.92 Å². The largest absolute Gasteiger partial charge is 0.360 e. The van der Waals surface area contributed by atoms with Crippen molar-refractivity contribution in [1.29, 1.82) is 0 Å². The lowest BCUT2D eigenvalue weighted by molar-refractivity contribution is 0.104. The van der Waals surface area contributed by atoms with Gasteiger partial charge in [0, 0.05) is 28.2 Å². The third-order valence-corrected chi connectivity index (χ3v) is 3.52. The first-order valence-corrected chi connectivity index (χ1v) is 6.41. The van der Waals surface area contributed by atoms with E-state index in [1.807, 2.05) is 43.3 Å². The molecule has 2 aromatic carbocycles. The molecule has 3 heteroatoms. The Kier molecular flexibility index (Phi) is 2.88. The van der Waals surface area contributed by atoms with Crippen LogP contribution in [-0.2, 0) is 0 Å². The number of para-hydroxylation sites is 1. The summed E-state index contributed by atoms with van der Waals surface area (Å²) < 4.78 is 0. The summed E-state index contributed by atoms with van der Waals surface area (Å²) in [5.74, 6) is -0.0533. The molecule has 0 saturated heterocycles. The summed E-state index contributed by atoms with van der Waals surface area (Å²) >= 11 is 6.16. The van der Waals surface area contributed by atoms with Crippen molar-refractivity contribution in [3.05, 3.63) is 70.4 Å². The zero-order valence-electron chi connectivity index (χ0n) is 10.4. The van der Waals surface area contributed by atoms with Gasteiger partial charge in [-0.3, -0.25) is 4.79 Å². The molecular weight excluding hydrogens is 258 g/mol. The molecule has 2 nitrogen and oxygen atoms in total. The molecule has 0 fully saturated rings. The molecule has 3 aromatic rings. The zero-order chi connectivity index (χ0) is 13.4. The molecule has 1 N–H and O–H groups in total. The minimum absolute atomic E-state index is 0.0533. The Labute approximate surface area is 116 Å². The summed E-state index contributed by atoms with van der Waals surface area (Å²) in [5, 5.41) is 1.42. The van der Waals surface area contributed by atoms with Gasteiger partial charge in [-0.2, -0.15) is 0 Å². The van der Waals surface area contributed by atoms with Gasteiger partial charge in [0.1, 0.15) is 0 Å². The molecule has 3 rings (SSSR count). The average molecular weight is 270 g/mol. The van der Waals surface area contributed by atoms with Crippen LogP contribution in [0.4, 0.5) is 0 Å². The number of halogens is 1. The number of nitrogens with one attached hydrogen (secondary N) is 1. The van der Waals surface area contributed by atoms with Crippen LogP contribution in [0.25, 0.3) is 10.9 Å². The summed E-state index contributed by atoms with van der Waals surface area (Å²) in [5.41, 5.74) is 3.19. The first-order valence-electron chi connectivity index (χ1n) is 6.04. The van der Waals surface area contributed by atoms with Gasteiger partial charge in [-0.05, 0) is 30.7 Å². The Bertz CT molecular complexity index is 773. The molecule has 1 heterocycles. The van der Waals surface area contributed by atoms with E-state index in [9.17, 15) is 4.79 Å². The van der Waals surface area contributed by atoms with Gasteiger partial charge in [0.15, 0.2) is 5.78 Å². The molecule has 0 atom stereocenters. The van der Waals surface area contributed by atoms with E-state index < -0.39 is 0 Å². The topological polar surface area (TPSA) is 32.9 Å². The first kappa shape index (κ1) is 12.0. The molecule has 1 aromatic heterocycles. The highest BCUT2D eigenvalue weighted by molar-refractivity contribution is 6.35. The van der Waals surface area contributed by atoms with Crippen LogP contribution in [0.15, 0.2) is 48.7 Å². The van der Waals surface area contributed by atoms with Crippen LogP contribution in [0.3, 0.4) is 0 Å². The maximum absolute atomic E-state index is 12.5. The van der Waals surface area contributed by atoms with Crippen LogP contribution >= 0.6 is 11.6 Å². The molecule has 0 aliphatic carbocycles. The van der Waals surface area contributed by atoms with E-state index >= 15 is 0 Å². The van der Waals surface area contributed by atoms with Gasteiger partial charge < -0.3 is 4.98 Å². The minimum atomic E-state index is -0.0533. The number of rotatable bonds is 2. The number of aromatic nitrogens is 1. The second-order valence-electron chi connectivity index (χ2n) is 4.56. The number of benzene rings is 2. The molecular formula is C16H12ClNO. The number of aromatic amines is 1. The van der Waals surface area contributed by atoms with Gasteiger partial charge >= 0.3 is 0 Å². The van der Waals surface area contributed by atoms with Crippen LogP contribution in [0.2, 0.25) is 5.02 Å². The second-order valence-corrected chi connectivity index (χ2v) is 4.97. The molecule has 0 bridgehead atoms. The standard InChI is InChI=1S/C16H12ClNO/c1-10-6-7-12(14(17)8-10)16(19)13-9-18-15-5-3-2-4-11(13)15/h2-9,18H,1H3. The van der Waals surface area contributed by atoms with Gasteiger partial charge in [-0.1, -0.05) is 35.9 Å². The highest BCUT2D eigenvalue weighted by Crippen LogP contribution is 2.25. The van der Waals surface area contributed by atoms with Crippen LogP contribution in [0.1, 0.15) is 21.5 Å². The van der Waals surface area contributed by atoms with Crippen LogP contribution in [0.5, 0.6) is 0 Å². The summed E-state index contributed by atoms with van der Waals surface area (Å²) in [7, 11) is 0. The Morgan fingerprint density at radius 1 is 1.11 bits per heavy atom. The number of aryl methyl sites for hydroxylation is 1. The van der Waals surface area contributed by atoms with E-state index in [0.29, 0.717) is 16.1 Å². The zero-order valence-corrected chi connectivity index (χ0v) is 11.2. The fourth-order valence-electron chi connectivity index (χ4n) is 2.21. The molecule has 19 heavy (non-hydrogen) atoms. The molecule has 0 saturated carbocycles. The van der Waals surface area contributed by atoms with Gasteiger partial charge in [-0.15, -0.1) is 0 Å². The molecule has 0 radical (unpaired) electrons. The molecule has 94 valence electrons. The quantitative estimate of drug-likeness (QED) is 0.689. The Balaban J connectivity index is 2.13. The second kappa shape index (κ2) is 4.56. The molecule has 0 amide bonds. The maximum Gasteiger partial charge on any atom is 0.196 e. The van der Waals surface area contributed by atoms with Gasteiger partial charge in [0.2, 0.25) is 0 Å². The highest BCUT2D eigenvalue weighted by Gasteiger charge is 2.16. The Morgan fingerprint density at radius 3 is 2.68 bits per heavy atom. The summed E-state index contributed by atoms with van der Waals surface area (Å²) in [6, 6.07) is 13.2. The minimum Gasteiger partial charge on any atom is -0.360 e. The fourth-order valence-corrected chi connectivity index (χ4v) is 2.53. The predicted molar refractivity (Wildman–Crippen MR) is 77.9 cm³/mol. The fraction of sp³-hybridized carbons (Fsp3) is 0.0625. The number of carbonyl (C=O) groups excluding carboxylic acids is 1. The lowest BCUT2D eigenvalue weighted by Crippen LogP contribution is -2.01. The summed E-state index contributed by atoms with van der Waals surface area (Å²) in [4.78, 5) is 15.7. The van der Waals surface area contributed by atoms with Crippen molar-refractivity contribution in [3.8, 4) is 0 Å². The Hall–Kier alpha value is -2.06. The number of carbonyl (C=O) groups is 1. The van der Waals surface area contributed by atoms with Crippen molar-refractivity contribution < 1.29 is 4.79 Å². The van der Waals surface area contributed by atoms with Gasteiger partial charge in [0.05, 0.1) is 5.02 Å². The average Bonchev–Trinajstić information content (AvgIpc) is 2.82. The SMILES string of the molecule is Cc1ccc(C(=O)c2c[nH]c3ccccc23)c(Cl)c1. The maximum atomic E-state index is 12.5. The number of H-pyrrole nitrogens is 1. The monoisotopic (exact) mass is 269 g/mol. The Morgan fingerprint density at radius 2 is 1.89 bits per heavy atom. The number of hydrogen-bond acceptors (Lipinski definition) is 1. The van der Waals surface area contributed by atoms with E-state index in [1.165, 1.54) is 0 Å². The molecule has 0 aliphatic rings. The van der Waals surface area contributed by atoms with Crippen LogP contribution in [0, 0.1) is 6.92 Å². The van der Waals surface area contributed by atoms with Crippen molar-refractivity contribution in [2.24, 2.45) is 0 Å². The van der Waals surface area contributed by atoms with Gasteiger partial charge in [0.25, 0.3) is 0 Å². The lowest BCUT2D eigenvalue weighted by Gasteiger charge is -2.03. The first-order chi connectivity index (χ1) is 9.16. The van der Waals surface area contributed by atoms with E-state index in [4.69, 9.17) is 11.6 Å². The number of ketones is 1. The predicted octanol–water partition coefficient (Wildman–Crippen LogP) is 4.36. The highest BCUT2D eigenvalue weighted by atomic mass is 35.5. The van der Waals surface area contributed by atoms with Gasteiger partial charge in [-0.25, -0.2) is 0 Å². The van der Waals surface area contributed by atoms with Crippen LogP contribution in [-0.4, -0.2) is 10.8 Å². The van der Waals surface area contributed by atoms with Crippen molar-refractivity contribution in [3.63, 3.8) is 0 Å². The third kappa shape index (κ3) is 2.04. The smallest absolute Gasteiger partial charge is 0.196 e. The molecule has 0 spiro atoms.